The topological polar surface area (TPSA) is 68.3 Å². The second-order valence-corrected chi connectivity index (χ2v) is 15.7. The maximum absolute atomic E-state index is 12.5. The monoisotopic (exact) mass is 480 g/mol. The maximum atomic E-state index is 12.5. The fraction of sp³-hybridized carbons (Fsp3) is 0.680. The molecule has 0 saturated carbocycles. The molecule has 8 heteroatoms. The lowest BCUT2D eigenvalue weighted by molar-refractivity contribution is -0.146. The molecule has 0 aliphatic heterocycles. The zero-order valence-corrected chi connectivity index (χ0v) is 23.1. The molecule has 0 heterocycles. The smallest absolute Gasteiger partial charge is 0.410 e. The highest BCUT2D eigenvalue weighted by molar-refractivity contribution is 6.74. The van der Waals surface area contributed by atoms with Gasteiger partial charge in [-0.15, -0.1) is 0 Å². The molecule has 33 heavy (non-hydrogen) atoms. The van der Waals surface area contributed by atoms with Gasteiger partial charge in [-0.05, 0) is 44.5 Å². The summed E-state index contributed by atoms with van der Waals surface area (Å²) in [5, 5.41) is 0.114. The summed E-state index contributed by atoms with van der Waals surface area (Å²) in [7, 11) is -0.187. The van der Waals surface area contributed by atoms with Gasteiger partial charge in [0.25, 0.3) is 0 Å². The number of hydrogen-bond donors (Lipinski definition) is 0. The Morgan fingerprint density at radius 1 is 0.939 bits per heavy atom. The van der Waals surface area contributed by atoms with E-state index in [1.165, 1.54) is 4.90 Å². The summed E-state index contributed by atoms with van der Waals surface area (Å²) in [4.78, 5) is 28.3. The molecule has 0 bridgehead atoms. The minimum Gasteiger partial charge on any atom is -0.460 e. The lowest BCUT2D eigenvalue weighted by atomic mass is 10.2. The number of ether oxygens (including phenoxy) is 2. The van der Waals surface area contributed by atoms with Crippen LogP contribution in [0.3, 0.4) is 0 Å². The van der Waals surface area contributed by atoms with Crippen molar-refractivity contribution in [1.82, 2.24) is 9.80 Å². The van der Waals surface area contributed by atoms with Crippen LogP contribution in [-0.2, 0) is 25.3 Å². The Labute approximate surface area is 201 Å². The van der Waals surface area contributed by atoms with Crippen LogP contribution in [0.15, 0.2) is 30.3 Å². The van der Waals surface area contributed by atoms with E-state index in [0.717, 1.165) is 5.56 Å². The van der Waals surface area contributed by atoms with Gasteiger partial charge in [-0.2, -0.15) is 0 Å². The molecule has 0 N–H and O–H groups in total. The van der Waals surface area contributed by atoms with Crippen molar-refractivity contribution < 1.29 is 23.5 Å². The van der Waals surface area contributed by atoms with Gasteiger partial charge in [-0.1, -0.05) is 51.1 Å². The summed E-state index contributed by atoms with van der Waals surface area (Å²) < 4.78 is 17.2. The summed E-state index contributed by atoms with van der Waals surface area (Å²) in [5.41, 5.74) is 0.395. The van der Waals surface area contributed by atoms with E-state index in [1.807, 2.05) is 56.0 Å². The molecule has 1 aromatic carbocycles. The van der Waals surface area contributed by atoms with Crippen LogP contribution in [0.1, 0.15) is 47.1 Å². The summed E-state index contributed by atoms with van der Waals surface area (Å²) >= 11 is 0. The normalized spacial score (nSPS) is 12.5. The first kappa shape index (κ1) is 29.1. The van der Waals surface area contributed by atoms with Gasteiger partial charge in [-0.3, -0.25) is 9.69 Å². The highest BCUT2D eigenvalue weighted by Gasteiger charge is 2.37. The van der Waals surface area contributed by atoms with Crippen molar-refractivity contribution in [3.8, 4) is 0 Å². The summed E-state index contributed by atoms with van der Waals surface area (Å²) in [6.07, 6.45) is -0.383. The number of benzene rings is 1. The molecule has 1 aromatic rings. The van der Waals surface area contributed by atoms with Gasteiger partial charge in [-0.25, -0.2) is 4.79 Å². The molecule has 7 nitrogen and oxygen atoms in total. The van der Waals surface area contributed by atoms with Crippen molar-refractivity contribution in [3.05, 3.63) is 35.9 Å². The van der Waals surface area contributed by atoms with Crippen LogP contribution in [0.5, 0.6) is 0 Å². The summed E-state index contributed by atoms with van der Waals surface area (Å²) in [6.45, 7) is 19.0. The third-order valence-corrected chi connectivity index (χ3v) is 10.3. The predicted octanol–water partition coefficient (Wildman–Crippen LogP) is 4.92. The van der Waals surface area contributed by atoms with Crippen molar-refractivity contribution >= 4 is 20.4 Å². The minimum atomic E-state index is -1.89. The van der Waals surface area contributed by atoms with Gasteiger partial charge >= 0.3 is 12.1 Å². The van der Waals surface area contributed by atoms with Crippen LogP contribution in [0.2, 0.25) is 18.1 Å². The molecule has 0 radical (unpaired) electrons. The first-order valence-corrected chi connectivity index (χ1v) is 14.5. The van der Waals surface area contributed by atoms with E-state index < -0.39 is 13.9 Å². The van der Waals surface area contributed by atoms with Crippen LogP contribution in [0.25, 0.3) is 0 Å². The zero-order valence-electron chi connectivity index (χ0n) is 22.1. The number of carbonyl (C=O) groups excluding carboxylic acids is 2. The largest absolute Gasteiger partial charge is 0.460 e. The molecule has 0 saturated heterocycles. The second kappa shape index (κ2) is 12.5. The third kappa shape index (κ3) is 11.7. The summed E-state index contributed by atoms with van der Waals surface area (Å²) in [6, 6.07) is 9.61. The maximum Gasteiger partial charge on any atom is 0.410 e. The summed E-state index contributed by atoms with van der Waals surface area (Å²) in [5.74, 6) is -0.300. The number of esters is 1. The average molecular weight is 481 g/mol. The number of carbonyl (C=O) groups is 2. The number of nitrogens with zero attached hydrogens (tertiary/aromatic N) is 2. The second-order valence-electron chi connectivity index (χ2n) is 10.9. The van der Waals surface area contributed by atoms with Crippen LogP contribution in [-0.4, -0.2) is 75.6 Å². The molecular weight excluding hydrogens is 436 g/mol. The van der Waals surface area contributed by atoms with Gasteiger partial charge < -0.3 is 18.8 Å². The Bertz CT molecular complexity index is 741. The Balaban J connectivity index is 2.68. The predicted molar refractivity (Wildman–Crippen MR) is 135 cm³/mol. The van der Waals surface area contributed by atoms with E-state index in [4.69, 9.17) is 13.9 Å². The van der Waals surface area contributed by atoms with E-state index in [0.29, 0.717) is 26.2 Å². The van der Waals surface area contributed by atoms with Gasteiger partial charge in [0.15, 0.2) is 8.32 Å². The van der Waals surface area contributed by atoms with Crippen LogP contribution in [0, 0.1) is 0 Å². The van der Waals surface area contributed by atoms with Gasteiger partial charge in [0.1, 0.15) is 12.2 Å². The van der Waals surface area contributed by atoms with Crippen LogP contribution in [0.4, 0.5) is 4.79 Å². The number of amides is 1. The molecule has 0 spiro atoms. The molecule has 0 fully saturated rings. The lowest BCUT2D eigenvalue weighted by Crippen LogP contribution is -2.45. The fourth-order valence-electron chi connectivity index (χ4n) is 2.61. The Morgan fingerprint density at radius 2 is 1.55 bits per heavy atom. The Hall–Kier alpha value is -1.90. The Kier molecular flexibility index (Phi) is 11.1. The zero-order chi connectivity index (χ0) is 25.3. The molecular formula is C25H44N2O5Si. The highest BCUT2D eigenvalue weighted by atomic mass is 28.4. The van der Waals surface area contributed by atoms with Crippen LogP contribution < -0.4 is 0 Å². The number of rotatable bonds is 11. The number of hydrogen-bond acceptors (Lipinski definition) is 6. The molecule has 1 rings (SSSR count). The van der Waals surface area contributed by atoms with E-state index in [9.17, 15) is 9.59 Å². The molecule has 0 aliphatic carbocycles. The highest BCUT2D eigenvalue weighted by Crippen LogP contribution is 2.36. The van der Waals surface area contributed by atoms with Gasteiger partial charge in [0, 0.05) is 33.3 Å². The minimum absolute atomic E-state index is 0.114. The van der Waals surface area contributed by atoms with Crippen LogP contribution >= 0.6 is 0 Å². The van der Waals surface area contributed by atoms with Gasteiger partial charge in [0.05, 0.1) is 6.54 Å². The van der Waals surface area contributed by atoms with Crippen molar-refractivity contribution in [3.63, 3.8) is 0 Å². The number of likely N-dealkylation sites (N-methyl/N-ethyl adjacent to an activating group) is 1. The lowest BCUT2D eigenvalue weighted by Gasteiger charge is -2.37. The standard InChI is InChI=1S/C25H44N2O5Si/c1-24(2,3)32-23(29)26(7)15-16-27(17-18-31-33(8,9)25(4,5)6)19-22(28)30-20-21-13-11-10-12-14-21/h10-14H,15-20H2,1-9H3. The van der Waals surface area contributed by atoms with E-state index in [1.54, 1.807) is 7.05 Å². The molecule has 0 unspecified atom stereocenters. The first-order chi connectivity index (χ1) is 15.1. The third-order valence-electron chi connectivity index (χ3n) is 5.73. The van der Waals surface area contributed by atoms with Crippen molar-refractivity contribution in [2.75, 3.05) is 39.8 Å². The van der Waals surface area contributed by atoms with E-state index in [2.05, 4.69) is 33.9 Å². The SMILES string of the molecule is CN(CCN(CCO[Si](C)(C)C(C)(C)C)CC(=O)OCc1ccccc1)C(=O)OC(C)(C)C. The average Bonchev–Trinajstić information content (AvgIpc) is 2.68. The Morgan fingerprint density at radius 3 is 2.09 bits per heavy atom. The van der Waals surface area contributed by atoms with E-state index >= 15 is 0 Å². The van der Waals surface area contributed by atoms with E-state index in [-0.39, 0.29) is 30.3 Å². The first-order valence-electron chi connectivity index (χ1n) is 11.6. The molecule has 1 amide bonds. The van der Waals surface area contributed by atoms with Crippen molar-refractivity contribution in [2.45, 2.75) is 71.9 Å². The van der Waals surface area contributed by atoms with Crippen molar-refractivity contribution in [1.29, 1.82) is 0 Å². The molecule has 0 aliphatic rings. The van der Waals surface area contributed by atoms with Gasteiger partial charge in [0.2, 0.25) is 0 Å². The molecule has 188 valence electrons. The quantitative estimate of drug-likeness (QED) is 0.331. The molecule has 0 aromatic heterocycles. The van der Waals surface area contributed by atoms with Crippen molar-refractivity contribution in [2.24, 2.45) is 0 Å². The molecule has 0 atom stereocenters. The fourth-order valence-corrected chi connectivity index (χ4v) is 3.64.